The molecule has 2 fully saturated rings. The number of non-ortho nitro benzene ring substituents is 2. The van der Waals surface area contributed by atoms with E-state index >= 15 is 0 Å². The molecular formula is C25H27N5O10. The topological polar surface area (TPSA) is 192 Å². The maximum absolute atomic E-state index is 13.0. The Hall–Kier alpha value is -4.79. The zero-order valence-electron chi connectivity index (χ0n) is 21.2. The lowest BCUT2D eigenvalue weighted by molar-refractivity contribution is -0.385. The van der Waals surface area contributed by atoms with E-state index in [0.717, 1.165) is 13.0 Å². The monoisotopic (exact) mass is 557 g/mol. The Labute approximate surface area is 227 Å². The Bertz CT molecular complexity index is 1250. The molecule has 40 heavy (non-hydrogen) atoms. The largest absolute Gasteiger partial charge is 0.508 e. The summed E-state index contributed by atoms with van der Waals surface area (Å²) in [6.07, 6.45) is -1.94. The number of likely N-dealkylation sites (tertiary alicyclic amines) is 1. The second-order valence-electron chi connectivity index (χ2n) is 9.28. The fourth-order valence-corrected chi connectivity index (χ4v) is 4.38. The molecular weight excluding hydrogens is 530 g/mol. The van der Waals surface area contributed by atoms with E-state index in [4.69, 9.17) is 14.2 Å². The normalized spacial score (nSPS) is 20.0. The van der Waals surface area contributed by atoms with Crippen molar-refractivity contribution in [2.24, 2.45) is 0 Å². The van der Waals surface area contributed by atoms with Gasteiger partial charge in [0, 0.05) is 43.3 Å². The number of carbonyl (C=O) groups excluding carboxylic acids is 3. The molecule has 2 N–H and O–H groups in total. The quantitative estimate of drug-likeness (QED) is 0.261. The van der Waals surface area contributed by atoms with Crippen LogP contribution in [0.3, 0.4) is 0 Å². The number of nitro benzene ring substituents is 2. The average molecular weight is 558 g/mol. The van der Waals surface area contributed by atoms with Gasteiger partial charge in [0.15, 0.2) is 0 Å². The van der Waals surface area contributed by atoms with E-state index in [1.807, 2.05) is 0 Å². The third kappa shape index (κ3) is 7.41. The Morgan fingerprint density at radius 3 is 2.02 bits per heavy atom. The molecule has 3 atom stereocenters. The van der Waals surface area contributed by atoms with Gasteiger partial charge in [0.2, 0.25) is 5.91 Å². The highest BCUT2D eigenvalue weighted by molar-refractivity contribution is 5.86. The van der Waals surface area contributed by atoms with Crippen LogP contribution in [0.2, 0.25) is 0 Å². The van der Waals surface area contributed by atoms with Crippen LogP contribution < -0.4 is 10.6 Å². The van der Waals surface area contributed by atoms with Crippen LogP contribution in [0.4, 0.5) is 21.0 Å². The maximum atomic E-state index is 13.0. The number of nitrogens with zero attached hydrogens (tertiary/aromatic N) is 3. The van der Waals surface area contributed by atoms with Crippen LogP contribution in [0.5, 0.6) is 0 Å². The van der Waals surface area contributed by atoms with E-state index in [9.17, 15) is 34.6 Å². The molecule has 0 bridgehead atoms. The number of benzene rings is 2. The highest BCUT2D eigenvalue weighted by atomic mass is 16.7. The molecule has 0 saturated carbocycles. The SMILES string of the molecule is O=C(OCc1ccc([N+](=O)[O-])cc1)O[C@@H]1C[C@@H](C(=O)N[C@H]2CCNC2)N(C(=O)OCc2ccc([N+](=O)[O-])cc2)C1. The molecule has 2 aromatic carbocycles. The summed E-state index contributed by atoms with van der Waals surface area (Å²) in [6, 6.07) is 9.89. The molecule has 15 nitrogen and oxygen atoms in total. The standard InChI is InChI=1S/C25H27N5O10/c31-23(27-18-9-10-26-12-18)22-11-21(40-25(33)39-15-17-3-7-20(8-4-17)30(36)37)13-28(22)24(32)38-14-16-1-5-19(6-2-16)29(34)35/h1-8,18,21-22,26H,9-15H2,(H,27,31)/t18-,21+,22-/m0/s1. The molecule has 4 rings (SSSR count). The summed E-state index contributed by atoms with van der Waals surface area (Å²) in [7, 11) is 0. The van der Waals surface area contributed by atoms with Crippen molar-refractivity contribution < 1.29 is 38.4 Å². The van der Waals surface area contributed by atoms with Crippen molar-refractivity contribution in [3.8, 4) is 0 Å². The highest BCUT2D eigenvalue weighted by Gasteiger charge is 2.43. The van der Waals surface area contributed by atoms with Crippen molar-refractivity contribution in [2.75, 3.05) is 19.6 Å². The van der Waals surface area contributed by atoms with E-state index in [1.54, 1.807) is 0 Å². The molecule has 2 saturated heterocycles. The number of nitro groups is 2. The van der Waals surface area contributed by atoms with Gasteiger partial charge in [-0.15, -0.1) is 0 Å². The molecule has 15 heteroatoms. The van der Waals surface area contributed by atoms with Gasteiger partial charge < -0.3 is 24.8 Å². The number of hydrogen-bond acceptors (Lipinski definition) is 11. The number of nitrogens with one attached hydrogen (secondary N) is 2. The average Bonchev–Trinajstić information content (AvgIpc) is 3.61. The third-order valence-corrected chi connectivity index (χ3v) is 6.48. The minimum Gasteiger partial charge on any atom is -0.445 e. The van der Waals surface area contributed by atoms with Gasteiger partial charge in [0.25, 0.3) is 11.4 Å². The van der Waals surface area contributed by atoms with Gasteiger partial charge in [-0.3, -0.25) is 29.9 Å². The second kappa shape index (κ2) is 12.8. The van der Waals surface area contributed by atoms with E-state index in [0.29, 0.717) is 17.7 Å². The van der Waals surface area contributed by atoms with Crippen molar-refractivity contribution in [3.05, 3.63) is 79.9 Å². The first kappa shape index (κ1) is 28.2. The molecule has 212 valence electrons. The lowest BCUT2D eigenvalue weighted by Gasteiger charge is -2.24. The first-order valence-electron chi connectivity index (χ1n) is 12.4. The van der Waals surface area contributed by atoms with E-state index in [-0.39, 0.29) is 43.6 Å². The van der Waals surface area contributed by atoms with Gasteiger partial charge >= 0.3 is 12.2 Å². The lowest BCUT2D eigenvalue weighted by Crippen LogP contribution is -2.49. The van der Waals surface area contributed by atoms with Crippen molar-refractivity contribution in [1.29, 1.82) is 0 Å². The minimum absolute atomic E-state index is 0.0191. The zero-order valence-corrected chi connectivity index (χ0v) is 21.2. The Balaban J connectivity index is 1.35. The van der Waals surface area contributed by atoms with Gasteiger partial charge in [-0.25, -0.2) is 9.59 Å². The molecule has 0 unspecified atom stereocenters. The van der Waals surface area contributed by atoms with Crippen LogP contribution in [0, 0.1) is 20.2 Å². The van der Waals surface area contributed by atoms with Gasteiger partial charge in [0.05, 0.1) is 16.4 Å². The summed E-state index contributed by atoms with van der Waals surface area (Å²) in [5.41, 5.74) is 0.815. The van der Waals surface area contributed by atoms with Crippen LogP contribution in [-0.4, -0.2) is 70.7 Å². The second-order valence-corrected chi connectivity index (χ2v) is 9.28. The summed E-state index contributed by atoms with van der Waals surface area (Å²) in [5.74, 6) is -0.411. The fraction of sp³-hybridized carbons (Fsp3) is 0.400. The number of rotatable bonds is 9. The molecule has 0 aliphatic carbocycles. The summed E-state index contributed by atoms with van der Waals surface area (Å²) in [5, 5.41) is 27.6. The van der Waals surface area contributed by atoms with E-state index in [2.05, 4.69) is 10.6 Å². The first-order chi connectivity index (χ1) is 19.2. The summed E-state index contributed by atoms with van der Waals surface area (Å²) in [4.78, 5) is 60.0. The van der Waals surface area contributed by atoms with Gasteiger partial charge in [-0.2, -0.15) is 0 Å². The predicted molar refractivity (Wildman–Crippen MR) is 136 cm³/mol. The minimum atomic E-state index is -1.02. The number of hydrogen-bond donors (Lipinski definition) is 2. The third-order valence-electron chi connectivity index (χ3n) is 6.48. The molecule has 2 aliphatic heterocycles. The lowest BCUT2D eigenvalue weighted by atomic mass is 10.1. The van der Waals surface area contributed by atoms with Crippen LogP contribution in [0.1, 0.15) is 24.0 Å². The van der Waals surface area contributed by atoms with E-state index in [1.165, 1.54) is 53.4 Å². The molecule has 2 aliphatic rings. The van der Waals surface area contributed by atoms with Gasteiger partial charge in [-0.05, 0) is 48.4 Å². The van der Waals surface area contributed by atoms with Gasteiger partial charge in [-0.1, -0.05) is 0 Å². The molecule has 0 spiro atoms. The molecule has 0 radical (unpaired) electrons. The Morgan fingerprint density at radius 1 is 0.925 bits per heavy atom. The van der Waals surface area contributed by atoms with Crippen molar-refractivity contribution >= 4 is 29.5 Å². The molecule has 0 aromatic heterocycles. The number of carbonyl (C=O) groups is 3. The van der Waals surface area contributed by atoms with Crippen LogP contribution >= 0.6 is 0 Å². The smallest absolute Gasteiger partial charge is 0.445 e. The van der Waals surface area contributed by atoms with E-state index < -0.39 is 40.1 Å². The fourth-order valence-electron chi connectivity index (χ4n) is 4.38. The van der Waals surface area contributed by atoms with Crippen LogP contribution in [-0.2, 0) is 32.2 Å². The summed E-state index contributed by atoms with van der Waals surface area (Å²) >= 11 is 0. The maximum Gasteiger partial charge on any atom is 0.508 e. The summed E-state index contributed by atoms with van der Waals surface area (Å²) in [6.45, 7) is 0.855. The van der Waals surface area contributed by atoms with Crippen LogP contribution in [0.25, 0.3) is 0 Å². The Morgan fingerprint density at radius 2 is 1.50 bits per heavy atom. The first-order valence-corrected chi connectivity index (χ1v) is 12.4. The van der Waals surface area contributed by atoms with Crippen molar-refractivity contribution in [2.45, 2.75) is 44.2 Å². The predicted octanol–water partition coefficient (Wildman–Crippen LogP) is 2.41. The number of ether oxygens (including phenoxy) is 3. The van der Waals surface area contributed by atoms with Crippen molar-refractivity contribution in [1.82, 2.24) is 15.5 Å². The van der Waals surface area contributed by atoms with Gasteiger partial charge in [0.1, 0.15) is 25.4 Å². The highest BCUT2D eigenvalue weighted by Crippen LogP contribution is 2.24. The molecule has 2 amide bonds. The summed E-state index contributed by atoms with van der Waals surface area (Å²) < 4.78 is 15.8. The zero-order chi connectivity index (χ0) is 28.6. The van der Waals surface area contributed by atoms with Crippen molar-refractivity contribution in [3.63, 3.8) is 0 Å². The molecule has 2 heterocycles. The van der Waals surface area contributed by atoms with Crippen LogP contribution in [0.15, 0.2) is 48.5 Å². The number of amides is 2. The molecule has 2 aromatic rings. The Kier molecular flexibility index (Phi) is 9.06.